The zero-order chi connectivity index (χ0) is 19.2. The Morgan fingerprint density at radius 2 is 1.68 bits per heavy atom. The number of hydrogen-bond acceptors (Lipinski definition) is 4. The van der Waals surface area contributed by atoms with Crippen molar-refractivity contribution in [2.75, 3.05) is 12.3 Å². The first-order chi connectivity index (χ1) is 13.8. The molecule has 1 aliphatic rings. The summed E-state index contributed by atoms with van der Waals surface area (Å²) in [6.07, 6.45) is 8.09. The Kier molecular flexibility index (Phi) is 6.20. The van der Waals surface area contributed by atoms with Gasteiger partial charge in [-0.05, 0) is 36.8 Å². The first-order valence-electron chi connectivity index (χ1n) is 10.1. The van der Waals surface area contributed by atoms with Crippen molar-refractivity contribution in [1.82, 2.24) is 10.3 Å². The summed E-state index contributed by atoms with van der Waals surface area (Å²) in [7, 11) is 0. The number of aromatic nitrogens is 1. The molecule has 0 aliphatic carbocycles. The van der Waals surface area contributed by atoms with Crippen LogP contribution in [0.4, 0.5) is 5.13 Å². The molecule has 1 aliphatic heterocycles. The SMILES string of the molecule is Nc1nc(-c2ccccc2)c(CCCCC2CC(c3ccccc3)=CCN2)s1. The monoisotopic (exact) mass is 389 g/mol. The molecule has 0 saturated carbocycles. The van der Waals surface area contributed by atoms with Gasteiger partial charge >= 0.3 is 0 Å². The molecule has 0 spiro atoms. The predicted octanol–water partition coefficient (Wildman–Crippen LogP) is 5.55. The van der Waals surface area contributed by atoms with Crippen LogP contribution in [0.5, 0.6) is 0 Å². The van der Waals surface area contributed by atoms with Gasteiger partial charge in [-0.25, -0.2) is 4.98 Å². The van der Waals surface area contributed by atoms with E-state index in [1.165, 1.54) is 35.3 Å². The third-order valence-corrected chi connectivity index (χ3v) is 6.28. The average Bonchev–Trinajstić information content (AvgIpc) is 3.13. The van der Waals surface area contributed by atoms with E-state index in [1.807, 2.05) is 6.07 Å². The van der Waals surface area contributed by atoms with Gasteiger partial charge in [0.25, 0.3) is 0 Å². The van der Waals surface area contributed by atoms with Gasteiger partial charge in [0.05, 0.1) is 5.69 Å². The molecule has 0 amide bonds. The summed E-state index contributed by atoms with van der Waals surface area (Å²) < 4.78 is 0. The number of hydrogen-bond donors (Lipinski definition) is 2. The fourth-order valence-corrected chi connectivity index (χ4v) is 4.79. The summed E-state index contributed by atoms with van der Waals surface area (Å²) >= 11 is 1.63. The standard InChI is InChI=1S/C24H27N3S/c25-24-27-23(19-11-5-2-6-12-19)22(28-24)14-8-7-13-21-17-20(15-16-26-21)18-9-3-1-4-10-18/h1-6,9-12,15,21,26H,7-8,13-14,16-17H2,(H2,25,27). The molecule has 3 N–H and O–H groups in total. The van der Waals surface area contributed by atoms with E-state index in [0.717, 1.165) is 30.6 Å². The highest BCUT2D eigenvalue weighted by atomic mass is 32.1. The van der Waals surface area contributed by atoms with Crippen molar-refractivity contribution < 1.29 is 0 Å². The van der Waals surface area contributed by atoms with Gasteiger partial charge < -0.3 is 11.1 Å². The summed E-state index contributed by atoms with van der Waals surface area (Å²) in [6.45, 7) is 0.971. The Labute approximate surface area is 171 Å². The number of nitrogens with zero attached hydrogens (tertiary/aromatic N) is 1. The number of nitrogens with one attached hydrogen (secondary N) is 1. The summed E-state index contributed by atoms with van der Waals surface area (Å²) in [5, 5.41) is 4.32. The van der Waals surface area contributed by atoms with E-state index in [2.05, 4.69) is 71.0 Å². The number of rotatable bonds is 7. The van der Waals surface area contributed by atoms with Gasteiger partial charge in [0.2, 0.25) is 0 Å². The van der Waals surface area contributed by atoms with Gasteiger partial charge in [-0.2, -0.15) is 0 Å². The van der Waals surface area contributed by atoms with Gasteiger partial charge in [0.1, 0.15) is 0 Å². The lowest BCUT2D eigenvalue weighted by molar-refractivity contribution is 0.477. The molecule has 1 unspecified atom stereocenters. The molecule has 0 fully saturated rings. The summed E-state index contributed by atoms with van der Waals surface area (Å²) in [4.78, 5) is 5.88. The third-order valence-electron chi connectivity index (χ3n) is 5.33. The molecule has 0 radical (unpaired) electrons. The first-order valence-corrected chi connectivity index (χ1v) is 10.9. The number of nitrogen functional groups attached to an aromatic ring is 1. The number of anilines is 1. The Balaban J connectivity index is 1.29. The van der Waals surface area contributed by atoms with Gasteiger partial charge in [-0.15, -0.1) is 11.3 Å². The smallest absolute Gasteiger partial charge is 0.180 e. The van der Waals surface area contributed by atoms with Crippen molar-refractivity contribution >= 4 is 22.0 Å². The molecule has 2 aromatic carbocycles. The van der Waals surface area contributed by atoms with Crippen LogP contribution in [0.3, 0.4) is 0 Å². The molecular weight excluding hydrogens is 362 g/mol. The van der Waals surface area contributed by atoms with E-state index in [1.54, 1.807) is 11.3 Å². The number of unbranched alkanes of at least 4 members (excludes halogenated alkanes) is 1. The molecule has 1 atom stereocenters. The van der Waals surface area contributed by atoms with Crippen molar-refractivity contribution in [1.29, 1.82) is 0 Å². The maximum Gasteiger partial charge on any atom is 0.180 e. The van der Waals surface area contributed by atoms with Gasteiger partial charge in [0, 0.05) is 23.0 Å². The Morgan fingerprint density at radius 1 is 0.964 bits per heavy atom. The second-order valence-corrected chi connectivity index (χ2v) is 8.46. The van der Waals surface area contributed by atoms with E-state index in [0.29, 0.717) is 11.2 Å². The van der Waals surface area contributed by atoms with Gasteiger partial charge in [0.15, 0.2) is 5.13 Å². The van der Waals surface area contributed by atoms with E-state index in [-0.39, 0.29) is 0 Å². The molecular formula is C24H27N3S. The van der Waals surface area contributed by atoms with Crippen molar-refractivity contribution in [3.05, 3.63) is 77.2 Å². The molecule has 2 heterocycles. The lowest BCUT2D eigenvalue weighted by atomic mass is 9.92. The summed E-state index contributed by atoms with van der Waals surface area (Å²) in [6, 6.07) is 21.7. The number of benzene rings is 2. The summed E-state index contributed by atoms with van der Waals surface area (Å²) in [5.74, 6) is 0. The quantitative estimate of drug-likeness (QED) is 0.521. The van der Waals surface area contributed by atoms with Crippen LogP contribution in [0, 0.1) is 0 Å². The Bertz CT molecular complexity index is 916. The number of aryl methyl sites for hydroxylation is 1. The molecule has 1 aromatic heterocycles. The van der Waals surface area contributed by atoms with Crippen molar-refractivity contribution in [3.8, 4) is 11.3 Å². The van der Waals surface area contributed by atoms with Crippen molar-refractivity contribution in [3.63, 3.8) is 0 Å². The van der Waals surface area contributed by atoms with Gasteiger partial charge in [-0.1, -0.05) is 73.2 Å². The minimum absolute atomic E-state index is 0.570. The molecule has 3 nitrogen and oxygen atoms in total. The largest absolute Gasteiger partial charge is 0.375 e. The third kappa shape index (κ3) is 4.70. The molecule has 144 valence electrons. The van der Waals surface area contributed by atoms with Crippen LogP contribution in [0.2, 0.25) is 0 Å². The van der Waals surface area contributed by atoms with Crippen LogP contribution in [0.25, 0.3) is 16.8 Å². The fraction of sp³-hybridized carbons (Fsp3) is 0.292. The lowest BCUT2D eigenvalue weighted by Crippen LogP contribution is -2.32. The van der Waals surface area contributed by atoms with Crippen LogP contribution >= 0.6 is 11.3 Å². The highest BCUT2D eigenvalue weighted by Gasteiger charge is 2.16. The van der Waals surface area contributed by atoms with Crippen molar-refractivity contribution in [2.45, 2.75) is 38.1 Å². The first kappa shape index (κ1) is 18.9. The summed E-state index contributed by atoms with van der Waals surface area (Å²) in [5.41, 5.74) is 11.1. The Morgan fingerprint density at radius 3 is 2.43 bits per heavy atom. The molecule has 0 bridgehead atoms. The fourth-order valence-electron chi connectivity index (χ4n) is 3.90. The lowest BCUT2D eigenvalue weighted by Gasteiger charge is -2.24. The van der Waals surface area contributed by atoms with E-state index < -0.39 is 0 Å². The van der Waals surface area contributed by atoms with E-state index >= 15 is 0 Å². The number of thiazole rings is 1. The zero-order valence-electron chi connectivity index (χ0n) is 16.1. The maximum atomic E-state index is 6.00. The molecule has 4 rings (SSSR count). The zero-order valence-corrected chi connectivity index (χ0v) is 16.9. The minimum atomic E-state index is 0.570. The van der Waals surface area contributed by atoms with E-state index in [9.17, 15) is 0 Å². The molecule has 28 heavy (non-hydrogen) atoms. The average molecular weight is 390 g/mol. The maximum absolute atomic E-state index is 6.00. The Hall–Kier alpha value is -2.43. The van der Waals surface area contributed by atoms with Crippen LogP contribution in [0.1, 0.15) is 36.1 Å². The second-order valence-electron chi connectivity index (χ2n) is 7.34. The van der Waals surface area contributed by atoms with Crippen molar-refractivity contribution in [2.24, 2.45) is 0 Å². The minimum Gasteiger partial charge on any atom is -0.375 e. The highest BCUT2D eigenvalue weighted by Crippen LogP contribution is 2.31. The molecule has 0 saturated heterocycles. The van der Waals surface area contributed by atoms with Gasteiger partial charge in [-0.3, -0.25) is 0 Å². The highest BCUT2D eigenvalue weighted by molar-refractivity contribution is 7.15. The van der Waals surface area contributed by atoms with Crippen LogP contribution in [-0.2, 0) is 6.42 Å². The topological polar surface area (TPSA) is 50.9 Å². The predicted molar refractivity (Wildman–Crippen MR) is 120 cm³/mol. The van der Waals surface area contributed by atoms with Crippen LogP contribution < -0.4 is 11.1 Å². The molecule has 4 heteroatoms. The van der Waals surface area contributed by atoms with Crippen LogP contribution in [-0.4, -0.2) is 17.6 Å². The number of nitrogens with two attached hydrogens (primary N) is 1. The normalized spacial score (nSPS) is 16.7. The molecule has 3 aromatic rings. The van der Waals surface area contributed by atoms with E-state index in [4.69, 9.17) is 5.73 Å². The second kappa shape index (κ2) is 9.18. The van der Waals surface area contributed by atoms with Crippen LogP contribution in [0.15, 0.2) is 66.7 Å².